The number of aryl methyl sites for hydroxylation is 2. The lowest BCUT2D eigenvalue weighted by Gasteiger charge is -2.12. The summed E-state index contributed by atoms with van der Waals surface area (Å²) in [5.74, 6) is -0.0802. The number of halogens is 2. The molecule has 0 atom stereocenters. The SMILES string of the molecule is C=C(NCCc1c(C)[nH]c2c(F)ccc(C)c12)c1ccc(-c2cc(F)cc(OC)c2)cc1. The van der Waals surface area contributed by atoms with Gasteiger partial charge < -0.3 is 15.0 Å². The van der Waals surface area contributed by atoms with E-state index in [0.717, 1.165) is 51.0 Å². The Morgan fingerprint density at radius 2 is 1.75 bits per heavy atom. The van der Waals surface area contributed by atoms with Crippen LogP contribution in [0.25, 0.3) is 27.7 Å². The van der Waals surface area contributed by atoms with Gasteiger partial charge in [0, 0.05) is 29.4 Å². The molecule has 0 saturated carbocycles. The first-order chi connectivity index (χ1) is 15.4. The summed E-state index contributed by atoms with van der Waals surface area (Å²) in [7, 11) is 1.52. The van der Waals surface area contributed by atoms with Gasteiger partial charge in [-0.05, 0) is 66.3 Å². The highest BCUT2D eigenvalue weighted by atomic mass is 19.1. The summed E-state index contributed by atoms with van der Waals surface area (Å²) in [4.78, 5) is 3.18. The Bertz CT molecular complexity index is 1290. The summed E-state index contributed by atoms with van der Waals surface area (Å²) in [6.45, 7) is 8.79. The zero-order chi connectivity index (χ0) is 22.8. The van der Waals surface area contributed by atoms with Crippen molar-refractivity contribution in [3.05, 3.63) is 95.2 Å². The van der Waals surface area contributed by atoms with Crippen molar-refractivity contribution in [3.8, 4) is 16.9 Å². The van der Waals surface area contributed by atoms with Crippen LogP contribution in [-0.2, 0) is 6.42 Å². The third-order valence-corrected chi connectivity index (χ3v) is 5.82. The highest BCUT2D eigenvalue weighted by Gasteiger charge is 2.14. The predicted octanol–water partition coefficient (Wildman–Crippen LogP) is 6.54. The van der Waals surface area contributed by atoms with E-state index in [2.05, 4.69) is 16.9 Å². The largest absolute Gasteiger partial charge is 0.497 e. The quantitative estimate of drug-likeness (QED) is 0.348. The molecule has 5 heteroatoms. The molecule has 4 rings (SSSR count). The van der Waals surface area contributed by atoms with E-state index in [1.54, 1.807) is 6.07 Å². The van der Waals surface area contributed by atoms with Crippen LogP contribution in [0.3, 0.4) is 0 Å². The van der Waals surface area contributed by atoms with Crippen molar-refractivity contribution in [2.45, 2.75) is 20.3 Å². The molecule has 2 N–H and O–H groups in total. The number of hydrogen-bond donors (Lipinski definition) is 2. The molecule has 0 amide bonds. The number of nitrogens with one attached hydrogen (secondary N) is 2. The Balaban J connectivity index is 1.44. The van der Waals surface area contributed by atoms with E-state index in [1.807, 2.05) is 44.2 Å². The Hall–Kier alpha value is -3.60. The second-order valence-electron chi connectivity index (χ2n) is 7.96. The first kappa shape index (κ1) is 21.6. The maximum atomic E-state index is 14.2. The second-order valence-corrected chi connectivity index (χ2v) is 7.96. The fourth-order valence-corrected chi connectivity index (χ4v) is 4.11. The lowest BCUT2D eigenvalue weighted by Crippen LogP contribution is -2.15. The molecule has 0 aliphatic carbocycles. The van der Waals surface area contributed by atoms with Gasteiger partial charge in [0.15, 0.2) is 0 Å². The van der Waals surface area contributed by atoms with Crippen LogP contribution in [0.1, 0.15) is 22.4 Å². The molecule has 1 heterocycles. The molecule has 32 heavy (non-hydrogen) atoms. The van der Waals surface area contributed by atoms with Crippen molar-refractivity contribution < 1.29 is 13.5 Å². The fraction of sp³-hybridized carbons (Fsp3) is 0.185. The summed E-state index contributed by atoms with van der Waals surface area (Å²) in [6, 6.07) is 15.8. The number of ether oxygens (including phenoxy) is 1. The fourth-order valence-electron chi connectivity index (χ4n) is 4.11. The van der Waals surface area contributed by atoms with Gasteiger partial charge in [0.05, 0.1) is 12.6 Å². The number of methoxy groups -OCH3 is 1. The van der Waals surface area contributed by atoms with E-state index < -0.39 is 0 Å². The van der Waals surface area contributed by atoms with Crippen molar-refractivity contribution in [2.24, 2.45) is 0 Å². The molecule has 0 unspecified atom stereocenters. The van der Waals surface area contributed by atoms with E-state index in [0.29, 0.717) is 17.8 Å². The standard InChI is InChI=1S/C27H26F2N2O/c1-16-5-10-25(29)27-26(16)24(18(3)31-27)11-12-30-17(2)19-6-8-20(9-7-19)21-13-22(28)15-23(14-21)32-4/h5-10,13-15,30-31H,2,11-12H2,1,3-4H3. The van der Waals surface area contributed by atoms with Crippen LogP contribution in [0, 0.1) is 25.5 Å². The molecule has 3 aromatic carbocycles. The number of rotatable bonds is 7. The smallest absolute Gasteiger partial charge is 0.147 e. The number of hydrogen-bond acceptors (Lipinski definition) is 2. The van der Waals surface area contributed by atoms with Gasteiger partial charge in [-0.15, -0.1) is 0 Å². The highest BCUT2D eigenvalue weighted by molar-refractivity contribution is 5.88. The van der Waals surface area contributed by atoms with Crippen LogP contribution >= 0.6 is 0 Å². The van der Waals surface area contributed by atoms with Crippen molar-refractivity contribution >= 4 is 16.6 Å². The van der Waals surface area contributed by atoms with Gasteiger partial charge in [-0.1, -0.05) is 36.9 Å². The van der Waals surface area contributed by atoms with Crippen LogP contribution in [0.5, 0.6) is 5.75 Å². The average molecular weight is 433 g/mol. The molecular formula is C27H26F2N2O. The van der Waals surface area contributed by atoms with Crippen LogP contribution < -0.4 is 10.1 Å². The predicted molar refractivity (Wildman–Crippen MR) is 127 cm³/mol. The Morgan fingerprint density at radius 1 is 1.00 bits per heavy atom. The number of aromatic nitrogens is 1. The summed E-state index contributed by atoms with van der Waals surface area (Å²) in [6.07, 6.45) is 0.746. The lowest BCUT2D eigenvalue weighted by atomic mass is 10.0. The second kappa shape index (κ2) is 8.87. The third-order valence-electron chi connectivity index (χ3n) is 5.82. The molecule has 0 bridgehead atoms. The molecule has 0 aliphatic heterocycles. The number of aromatic amines is 1. The van der Waals surface area contributed by atoms with E-state index in [9.17, 15) is 8.78 Å². The van der Waals surface area contributed by atoms with Crippen LogP contribution in [0.4, 0.5) is 8.78 Å². The first-order valence-electron chi connectivity index (χ1n) is 10.5. The first-order valence-corrected chi connectivity index (χ1v) is 10.5. The van der Waals surface area contributed by atoms with Gasteiger partial charge in [0.25, 0.3) is 0 Å². The summed E-state index contributed by atoms with van der Waals surface area (Å²) in [5, 5.41) is 4.33. The van der Waals surface area contributed by atoms with Gasteiger partial charge in [-0.3, -0.25) is 0 Å². The molecule has 0 saturated heterocycles. The Kier molecular flexibility index (Phi) is 5.99. The van der Waals surface area contributed by atoms with Gasteiger partial charge in [0.2, 0.25) is 0 Å². The molecule has 0 fully saturated rings. The molecule has 0 aliphatic rings. The molecule has 0 spiro atoms. The highest BCUT2D eigenvalue weighted by Crippen LogP contribution is 2.29. The Morgan fingerprint density at radius 3 is 2.47 bits per heavy atom. The van der Waals surface area contributed by atoms with E-state index >= 15 is 0 Å². The average Bonchev–Trinajstić information content (AvgIpc) is 3.13. The summed E-state index contributed by atoms with van der Waals surface area (Å²) in [5.41, 5.74) is 7.13. The van der Waals surface area contributed by atoms with Gasteiger partial charge >= 0.3 is 0 Å². The maximum absolute atomic E-state index is 14.2. The topological polar surface area (TPSA) is 37.0 Å². The minimum absolute atomic E-state index is 0.228. The third kappa shape index (κ3) is 4.24. The van der Waals surface area contributed by atoms with Crippen molar-refractivity contribution in [3.63, 3.8) is 0 Å². The van der Waals surface area contributed by atoms with E-state index in [4.69, 9.17) is 4.74 Å². The zero-order valence-corrected chi connectivity index (χ0v) is 18.5. The van der Waals surface area contributed by atoms with Crippen molar-refractivity contribution in [1.82, 2.24) is 10.3 Å². The normalized spacial score (nSPS) is 11.0. The van der Waals surface area contributed by atoms with Crippen molar-refractivity contribution in [1.29, 1.82) is 0 Å². The van der Waals surface area contributed by atoms with E-state index in [1.165, 1.54) is 25.3 Å². The van der Waals surface area contributed by atoms with Gasteiger partial charge in [-0.25, -0.2) is 8.78 Å². The van der Waals surface area contributed by atoms with Crippen LogP contribution in [-0.4, -0.2) is 18.6 Å². The summed E-state index contributed by atoms with van der Waals surface area (Å²) >= 11 is 0. The lowest BCUT2D eigenvalue weighted by molar-refractivity contribution is 0.411. The van der Waals surface area contributed by atoms with Crippen molar-refractivity contribution in [2.75, 3.05) is 13.7 Å². The number of H-pyrrole nitrogens is 1. The van der Waals surface area contributed by atoms with Crippen LogP contribution in [0.15, 0.2) is 61.2 Å². The number of benzene rings is 3. The van der Waals surface area contributed by atoms with Crippen LogP contribution in [0.2, 0.25) is 0 Å². The molecule has 164 valence electrons. The van der Waals surface area contributed by atoms with Gasteiger partial charge in [0.1, 0.15) is 17.4 Å². The Labute approximate surface area is 186 Å². The summed E-state index contributed by atoms with van der Waals surface area (Å²) < 4.78 is 33.1. The van der Waals surface area contributed by atoms with E-state index in [-0.39, 0.29) is 11.6 Å². The molecular weight excluding hydrogens is 406 g/mol. The maximum Gasteiger partial charge on any atom is 0.147 e. The molecule has 3 nitrogen and oxygen atoms in total. The molecule has 4 aromatic rings. The molecule has 1 aromatic heterocycles. The monoisotopic (exact) mass is 432 g/mol. The van der Waals surface area contributed by atoms with Gasteiger partial charge in [-0.2, -0.15) is 0 Å². The minimum Gasteiger partial charge on any atom is -0.497 e. The minimum atomic E-state index is -0.336. The number of fused-ring (bicyclic) bond motifs is 1. The zero-order valence-electron chi connectivity index (χ0n) is 18.5. The molecule has 0 radical (unpaired) electrons.